The fourth-order valence-electron chi connectivity index (χ4n) is 5.04. The minimum atomic E-state index is -4.84. The number of aromatic nitrogens is 2. The van der Waals surface area contributed by atoms with Gasteiger partial charge in [0.2, 0.25) is 0 Å². The molecule has 43 heavy (non-hydrogen) atoms. The van der Waals surface area contributed by atoms with Crippen molar-refractivity contribution in [2.75, 3.05) is 12.4 Å². The minimum absolute atomic E-state index is 0.0960. The topological polar surface area (TPSA) is 115 Å². The van der Waals surface area contributed by atoms with Gasteiger partial charge in [0.25, 0.3) is 5.91 Å². The van der Waals surface area contributed by atoms with Gasteiger partial charge in [-0.05, 0) is 73.0 Å². The van der Waals surface area contributed by atoms with E-state index in [-0.39, 0.29) is 28.9 Å². The molecule has 0 spiro atoms. The number of halogens is 3. The lowest BCUT2D eigenvalue weighted by Gasteiger charge is -2.12. The lowest BCUT2D eigenvalue weighted by atomic mass is 10.0. The summed E-state index contributed by atoms with van der Waals surface area (Å²) in [5, 5.41) is 20.9. The van der Waals surface area contributed by atoms with E-state index in [9.17, 15) is 27.9 Å². The molecule has 4 aromatic rings. The predicted molar refractivity (Wildman–Crippen MR) is 152 cm³/mol. The van der Waals surface area contributed by atoms with Crippen LogP contribution in [0.3, 0.4) is 0 Å². The van der Waals surface area contributed by atoms with Crippen LogP contribution in [0, 0.1) is 0 Å². The Morgan fingerprint density at radius 2 is 1.65 bits per heavy atom. The molecule has 0 saturated heterocycles. The van der Waals surface area contributed by atoms with Gasteiger partial charge in [0.05, 0.1) is 18.5 Å². The van der Waals surface area contributed by atoms with Crippen LogP contribution in [0.5, 0.6) is 17.2 Å². The Kier molecular flexibility index (Phi) is 8.56. The molecule has 224 valence electrons. The van der Waals surface area contributed by atoms with E-state index in [0.29, 0.717) is 23.6 Å². The Morgan fingerprint density at radius 3 is 2.28 bits per heavy atom. The Hall–Kier alpha value is -5.00. The molecule has 1 aliphatic rings. The zero-order valence-corrected chi connectivity index (χ0v) is 23.1. The van der Waals surface area contributed by atoms with Crippen LogP contribution in [0.25, 0.3) is 11.3 Å². The van der Waals surface area contributed by atoms with Gasteiger partial charge in [-0.25, -0.2) is 4.79 Å². The van der Waals surface area contributed by atoms with Gasteiger partial charge in [0, 0.05) is 35.3 Å². The molecule has 3 N–H and O–H groups in total. The number of ether oxygens (including phenoxy) is 2. The van der Waals surface area contributed by atoms with Crippen molar-refractivity contribution in [2.45, 2.75) is 44.5 Å². The summed E-state index contributed by atoms with van der Waals surface area (Å²) in [5.74, 6) is -0.340. The monoisotopic (exact) mass is 594 g/mol. The average molecular weight is 595 g/mol. The molecule has 1 saturated carbocycles. The number of alkyl halides is 3. The number of hydrogen-bond acceptors (Lipinski definition) is 6. The number of aromatic hydroxyl groups is 1. The molecule has 5 rings (SSSR count). The highest BCUT2D eigenvalue weighted by molar-refractivity contribution is 6.04. The smallest absolute Gasteiger partial charge is 0.507 e. The molecule has 1 fully saturated rings. The summed E-state index contributed by atoms with van der Waals surface area (Å²) < 4.78 is 47.5. The number of rotatable bonds is 8. The van der Waals surface area contributed by atoms with Gasteiger partial charge in [-0.3, -0.25) is 4.79 Å². The van der Waals surface area contributed by atoms with Crippen molar-refractivity contribution in [1.82, 2.24) is 15.1 Å². The zero-order valence-electron chi connectivity index (χ0n) is 23.1. The summed E-state index contributed by atoms with van der Waals surface area (Å²) in [6, 6.07) is 17.7. The first-order chi connectivity index (χ1) is 20.6. The van der Waals surface area contributed by atoms with Gasteiger partial charge in [0.15, 0.2) is 0 Å². The lowest BCUT2D eigenvalue weighted by molar-refractivity contribution is -0.274. The van der Waals surface area contributed by atoms with Crippen molar-refractivity contribution >= 4 is 17.6 Å². The van der Waals surface area contributed by atoms with Gasteiger partial charge < -0.3 is 25.2 Å². The highest BCUT2D eigenvalue weighted by atomic mass is 19.4. The van der Waals surface area contributed by atoms with E-state index in [1.165, 1.54) is 22.9 Å². The van der Waals surface area contributed by atoms with Crippen molar-refractivity contribution < 1.29 is 37.3 Å². The first kappa shape index (κ1) is 29.5. The molecular weight excluding hydrogens is 565 g/mol. The third kappa shape index (κ3) is 7.26. The van der Waals surface area contributed by atoms with Gasteiger partial charge in [0.1, 0.15) is 17.2 Å². The number of phenolic OH excluding ortho intramolecular Hbond substituents is 1. The van der Waals surface area contributed by atoms with E-state index in [4.69, 9.17) is 4.74 Å². The highest BCUT2D eigenvalue weighted by Crippen LogP contribution is 2.38. The molecule has 0 aliphatic heterocycles. The highest BCUT2D eigenvalue weighted by Gasteiger charge is 2.31. The third-order valence-corrected chi connectivity index (χ3v) is 7.19. The largest absolute Gasteiger partial charge is 0.573 e. The second kappa shape index (κ2) is 12.5. The maximum Gasteiger partial charge on any atom is 0.573 e. The van der Waals surface area contributed by atoms with Crippen LogP contribution in [0.15, 0.2) is 72.8 Å². The molecule has 0 radical (unpaired) electrons. The first-order valence-electron chi connectivity index (χ1n) is 13.6. The Bertz CT molecular complexity index is 1600. The number of carbonyl (C=O) groups excluding carboxylic acids is 2. The van der Waals surface area contributed by atoms with Crippen LogP contribution in [0.4, 0.5) is 23.7 Å². The molecule has 12 heteroatoms. The van der Waals surface area contributed by atoms with E-state index in [2.05, 4.69) is 20.5 Å². The number of amides is 2. The van der Waals surface area contributed by atoms with Crippen LogP contribution in [-0.4, -0.2) is 40.3 Å². The molecule has 0 unspecified atom stereocenters. The predicted octanol–water partition coefficient (Wildman–Crippen LogP) is 6.83. The van der Waals surface area contributed by atoms with Crippen molar-refractivity contribution in [1.29, 1.82) is 0 Å². The molecule has 1 aromatic heterocycles. The number of methoxy groups -OCH3 is 1. The standard InChI is InChI=1S/C31H29F3N4O5/c1-42-23-11-6-19(7-12-23)18-35-30(41)38-27(20-4-2-3-5-20)17-26(37-38)25-15-10-22(16-28(25)39)36-29(40)21-8-13-24(14-9-21)43-31(32,33)34/h6-17,20,39H,2-5,18H2,1H3,(H,35,41)(H,36,40). The molecule has 9 nitrogen and oxygen atoms in total. The van der Waals surface area contributed by atoms with Gasteiger partial charge in [-0.15, -0.1) is 13.2 Å². The zero-order chi connectivity index (χ0) is 30.6. The number of hydrogen-bond donors (Lipinski definition) is 3. The Labute approximate surface area is 245 Å². The Morgan fingerprint density at radius 1 is 0.977 bits per heavy atom. The second-order valence-electron chi connectivity index (χ2n) is 10.1. The Balaban J connectivity index is 1.31. The van der Waals surface area contributed by atoms with Crippen LogP contribution in [0.2, 0.25) is 0 Å². The number of benzene rings is 3. The molecule has 1 heterocycles. The van der Waals surface area contributed by atoms with E-state index in [0.717, 1.165) is 49.1 Å². The summed E-state index contributed by atoms with van der Waals surface area (Å²) in [6.07, 6.45) is -0.876. The molecular formula is C31H29F3N4O5. The fourth-order valence-corrected chi connectivity index (χ4v) is 5.04. The van der Waals surface area contributed by atoms with E-state index < -0.39 is 18.0 Å². The van der Waals surface area contributed by atoms with Gasteiger partial charge in [-0.2, -0.15) is 9.78 Å². The molecule has 1 aliphatic carbocycles. The molecule has 0 bridgehead atoms. The van der Waals surface area contributed by atoms with E-state index in [1.807, 2.05) is 24.3 Å². The summed E-state index contributed by atoms with van der Waals surface area (Å²) in [4.78, 5) is 25.9. The number of anilines is 1. The summed E-state index contributed by atoms with van der Waals surface area (Å²) in [6.45, 7) is 0.292. The number of nitrogens with zero attached hydrogens (tertiary/aromatic N) is 2. The van der Waals surface area contributed by atoms with Gasteiger partial charge >= 0.3 is 12.4 Å². The van der Waals surface area contributed by atoms with Crippen LogP contribution in [0.1, 0.15) is 53.2 Å². The van der Waals surface area contributed by atoms with Crippen molar-refractivity contribution in [2.24, 2.45) is 0 Å². The average Bonchev–Trinajstić information content (AvgIpc) is 3.66. The van der Waals surface area contributed by atoms with Crippen LogP contribution < -0.4 is 20.1 Å². The SMILES string of the molecule is COc1ccc(CNC(=O)n2nc(-c3ccc(NC(=O)c4ccc(OC(F)(F)F)cc4)cc3O)cc2C2CCCC2)cc1. The fraction of sp³-hybridized carbons (Fsp3) is 0.258. The normalized spacial score (nSPS) is 13.5. The number of nitrogens with one attached hydrogen (secondary N) is 2. The summed E-state index contributed by atoms with van der Waals surface area (Å²) >= 11 is 0. The summed E-state index contributed by atoms with van der Waals surface area (Å²) in [7, 11) is 1.58. The van der Waals surface area contributed by atoms with E-state index >= 15 is 0 Å². The third-order valence-electron chi connectivity index (χ3n) is 7.19. The molecule has 2 amide bonds. The maximum absolute atomic E-state index is 13.2. The number of phenols is 1. The number of carbonyl (C=O) groups is 2. The molecule has 0 atom stereocenters. The van der Waals surface area contributed by atoms with Crippen LogP contribution in [-0.2, 0) is 6.54 Å². The van der Waals surface area contributed by atoms with Crippen molar-refractivity contribution in [3.05, 3.63) is 89.6 Å². The second-order valence-corrected chi connectivity index (χ2v) is 10.1. The quantitative estimate of drug-likeness (QED) is 0.206. The maximum atomic E-state index is 13.2. The first-order valence-corrected chi connectivity index (χ1v) is 13.6. The van der Waals surface area contributed by atoms with Crippen LogP contribution >= 0.6 is 0 Å². The van der Waals surface area contributed by atoms with Crippen molar-refractivity contribution in [3.63, 3.8) is 0 Å². The minimum Gasteiger partial charge on any atom is -0.507 e. The molecule has 3 aromatic carbocycles. The van der Waals surface area contributed by atoms with Gasteiger partial charge in [-0.1, -0.05) is 25.0 Å². The van der Waals surface area contributed by atoms with Crippen molar-refractivity contribution in [3.8, 4) is 28.5 Å². The lowest BCUT2D eigenvalue weighted by Crippen LogP contribution is -2.30. The van der Waals surface area contributed by atoms with E-state index in [1.54, 1.807) is 25.3 Å². The summed E-state index contributed by atoms with van der Waals surface area (Å²) in [5.41, 5.74) is 2.78.